The van der Waals surface area contributed by atoms with E-state index in [1.807, 2.05) is 12.1 Å². The van der Waals surface area contributed by atoms with Crippen LogP contribution in [0.25, 0.3) is 0 Å². The molecule has 126 valence electrons. The first-order valence-corrected chi connectivity index (χ1v) is 7.69. The molecular weight excluding hydrogens is 306 g/mol. The van der Waals surface area contributed by atoms with Gasteiger partial charge in [0.15, 0.2) is 0 Å². The fourth-order valence-corrected chi connectivity index (χ4v) is 2.13. The molecule has 24 heavy (non-hydrogen) atoms. The number of nitrogen functional groups attached to an aromatic ring is 1. The average molecular weight is 327 g/mol. The summed E-state index contributed by atoms with van der Waals surface area (Å²) in [6.07, 6.45) is 0.905. The molecule has 2 amide bonds. The lowest BCUT2D eigenvalue weighted by atomic mass is 10.2. The monoisotopic (exact) mass is 327 g/mol. The Bertz CT molecular complexity index is 716. The van der Waals surface area contributed by atoms with Crippen LogP contribution in [0.5, 0.6) is 5.75 Å². The van der Waals surface area contributed by atoms with E-state index in [2.05, 4.69) is 10.6 Å². The van der Waals surface area contributed by atoms with Gasteiger partial charge in [-0.25, -0.2) is 0 Å². The Kier molecular flexibility index (Phi) is 6.19. The molecule has 0 saturated heterocycles. The van der Waals surface area contributed by atoms with Crippen molar-refractivity contribution in [1.29, 1.82) is 0 Å². The van der Waals surface area contributed by atoms with Crippen molar-refractivity contribution in [1.82, 2.24) is 0 Å². The molecule has 0 radical (unpaired) electrons. The van der Waals surface area contributed by atoms with Crippen molar-refractivity contribution >= 4 is 28.9 Å². The van der Waals surface area contributed by atoms with Gasteiger partial charge in [-0.2, -0.15) is 0 Å². The van der Waals surface area contributed by atoms with Gasteiger partial charge in [0.25, 0.3) is 0 Å². The summed E-state index contributed by atoms with van der Waals surface area (Å²) in [5, 5.41) is 5.47. The summed E-state index contributed by atoms with van der Waals surface area (Å²) in [6.45, 7) is 1.85. The molecule has 6 heteroatoms. The third kappa shape index (κ3) is 5.64. The van der Waals surface area contributed by atoms with Crippen LogP contribution >= 0.6 is 0 Å². The maximum absolute atomic E-state index is 11.9. The predicted octanol–water partition coefficient (Wildman–Crippen LogP) is 3.02. The van der Waals surface area contributed by atoms with Gasteiger partial charge in [0.1, 0.15) is 5.75 Å². The third-order valence-corrected chi connectivity index (χ3v) is 3.19. The van der Waals surface area contributed by atoms with Gasteiger partial charge in [-0.3, -0.25) is 9.59 Å². The number of carbonyl (C=O) groups excluding carboxylic acids is 2. The molecule has 0 atom stereocenters. The van der Waals surface area contributed by atoms with Crippen molar-refractivity contribution in [2.24, 2.45) is 0 Å². The number of ether oxygens (including phenoxy) is 1. The van der Waals surface area contributed by atoms with E-state index in [9.17, 15) is 9.59 Å². The van der Waals surface area contributed by atoms with Gasteiger partial charge >= 0.3 is 0 Å². The molecule has 0 aliphatic carbocycles. The topological polar surface area (TPSA) is 93.5 Å². The molecule has 4 N–H and O–H groups in total. The molecule has 2 rings (SSSR count). The van der Waals surface area contributed by atoms with Crippen molar-refractivity contribution in [3.63, 3.8) is 0 Å². The Hall–Kier alpha value is -3.02. The summed E-state index contributed by atoms with van der Waals surface area (Å²) >= 11 is 0. The fraction of sp³-hybridized carbons (Fsp3) is 0.222. The standard InChI is InChI=1S/C18H21N3O3/c1-13(22)20-14-6-4-7-15(12-14)21-18(23)10-5-11-24-17-9-3-2-8-16(17)19/h2-4,6-9,12H,5,10-11,19H2,1H3,(H,20,22)(H,21,23). The highest BCUT2D eigenvalue weighted by Gasteiger charge is 2.05. The van der Waals surface area contributed by atoms with E-state index in [-0.39, 0.29) is 11.8 Å². The van der Waals surface area contributed by atoms with E-state index in [0.717, 1.165) is 0 Å². The minimum Gasteiger partial charge on any atom is -0.491 e. The van der Waals surface area contributed by atoms with Crippen LogP contribution in [0.3, 0.4) is 0 Å². The normalized spacial score (nSPS) is 10.0. The smallest absolute Gasteiger partial charge is 0.224 e. The summed E-state index contributed by atoms with van der Waals surface area (Å²) < 4.78 is 5.55. The quantitative estimate of drug-likeness (QED) is 0.538. The van der Waals surface area contributed by atoms with E-state index in [4.69, 9.17) is 10.5 Å². The minimum absolute atomic E-state index is 0.111. The Morgan fingerprint density at radius 3 is 2.46 bits per heavy atom. The van der Waals surface area contributed by atoms with Gasteiger partial charge in [0.05, 0.1) is 12.3 Å². The number of hydrogen-bond acceptors (Lipinski definition) is 4. The summed E-state index contributed by atoms with van der Waals surface area (Å²) in [5.74, 6) is 0.358. The van der Waals surface area contributed by atoms with Crippen LogP contribution in [0, 0.1) is 0 Å². The molecule has 0 aromatic heterocycles. The summed E-state index contributed by atoms with van der Waals surface area (Å²) in [4.78, 5) is 23.0. The Labute approximate surface area is 141 Å². The first-order chi connectivity index (χ1) is 11.5. The van der Waals surface area contributed by atoms with Crippen LogP contribution in [-0.4, -0.2) is 18.4 Å². The molecule has 6 nitrogen and oxygen atoms in total. The number of nitrogens with two attached hydrogens (primary N) is 1. The molecule has 0 aliphatic heterocycles. The summed E-state index contributed by atoms with van der Waals surface area (Å²) in [5.41, 5.74) is 7.64. The Morgan fingerprint density at radius 1 is 1.04 bits per heavy atom. The number of para-hydroxylation sites is 2. The number of anilines is 3. The van der Waals surface area contributed by atoms with Crippen LogP contribution < -0.4 is 21.1 Å². The molecular formula is C18H21N3O3. The summed E-state index contributed by atoms with van der Waals surface area (Å²) in [7, 11) is 0. The van der Waals surface area contributed by atoms with Crippen LogP contribution in [0.2, 0.25) is 0 Å². The molecule has 0 bridgehead atoms. The summed E-state index contributed by atoms with van der Waals surface area (Å²) in [6, 6.07) is 14.3. The van der Waals surface area contributed by atoms with Gasteiger partial charge < -0.3 is 21.1 Å². The minimum atomic E-state index is -0.157. The van der Waals surface area contributed by atoms with Gasteiger partial charge in [0.2, 0.25) is 11.8 Å². The molecule has 0 fully saturated rings. The highest BCUT2D eigenvalue weighted by atomic mass is 16.5. The average Bonchev–Trinajstić information content (AvgIpc) is 2.53. The highest BCUT2D eigenvalue weighted by Crippen LogP contribution is 2.20. The molecule has 2 aromatic rings. The zero-order valence-corrected chi connectivity index (χ0v) is 13.5. The van der Waals surface area contributed by atoms with Crippen molar-refractivity contribution in [2.75, 3.05) is 23.0 Å². The van der Waals surface area contributed by atoms with Crippen LogP contribution in [-0.2, 0) is 9.59 Å². The van der Waals surface area contributed by atoms with Gasteiger partial charge in [-0.15, -0.1) is 0 Å². The van der Waals surface area contributed by atoms with Crippen molar-refractivity contribution in [3.05, 3.63) is 48.5 Å². The van der Waals surface area contributed by atoms with Crippen LogP contribution in [0.4, 0.5) is 17.1 Å². The lowest BCUT2D eigenvalue weighted by molar-refractivity contribution is -0.116. The van der Waals surface area contributed by atoms with E-state index in [0.29, 0.717) is 42.3 Å². The van der Waals surface area contributed by atoms with Crippen molar-refractivity contribution in [2.45, 2.75) is 19.8 Å². The number of amides is 2. The Morgan fingerprint density at radius 2 is 1.75 bits per heavy atom. The molecule has 0 unspecified atom stereocenters. The first kappa shape index (κ1) is 17.3. The third-order valence-electron chi connectivity index (χ3n) is 3.19. The second-order valence-corrected chi connectivity index (χ2v) is 5.30. The van der Waals surface area contributed by atoms with Gasteiger partial charge in [-0.05, 0) is 36.8 Å². The van der Waals surface area contributed by atoms with Crippen molar-refractivity contribution < 1.29 is 14.3 Å². The zero-order valence-electron chi connectivity index (χ0n) is 13.5. The number of carbonyl (C=O) groups is 2. The number of rotatable bonds is 7. The van der Waals surface area contributed by atoms with Gasteiger partial charge in [0, 0.05) is 24.7 Å². The van der Waals surface area contributed by atoms with Gasteiger partial charge in [-0.1, -0.05) is 18.2 Å². The molecule has 2 aromatic carbocycles. The first-order valence-electron chi connectivity index (χ1n) is 7.69. The molecule has 0 spiro atoms. The van der Waals surface area contributed by atoms with E-state index in [1.165, 1.54) is 6.92 Å². The molecule has 0 saturated carbocycles. The number of hydrogen-bond donors (Lipinski definition) is 3. The SMILES string of the molecule is CC(=O)Nc1cccc(NC(=O)CCCOc2ccccc2N)c1. The fourth-order valence-electron chi connectivity index (χ4n) is 2.13. The van der Waals surface area contributed by atoms with E-state index < -0.39 is 0 Å². The molecule has 0 heterocycles. The Balaban J connectivity index is 1.75. The largest absolute Gasteiger partial charge is 0.491 e. The maximum Gasteiger partial charge on any atom is 0.224 e. The number of benzene rings is 2. The predicted molar refractivity (Wildman–Crippen MR) is 95.0 cm³/mol. The number of nitrogens with one attached hydrogen (secondary N) is 2. The lowest BCUT2D eigenvalue weighted by Gasteiger charge is -2.09. The van der Waals surface area contributed by atoms with E-state index in [1.54, 1.807) is 36.4 Å². The highest BCUT2D eigenvalue weighted by molar-refractivity contribution is 5.93. The maximum atomic E-state index is 11.9. The second-order valence-electron chi connectivity index (χ2n) is 5.30. The van der Waals surface area contributed by atoms with Crippen LogP contribution in [0.15, 0.2) is 48.5 Å². The second kappa shape index (κ2) is 8.57. The van der Waals surface area contributed by atoms with E-state index >= 15 is 0 Å². The zero-order chi connectivity index (χ0) is 17.4. The van der Waals surface area contributed by atoms with Crippen LogP contribution in [0.1, 0.15) is 19.8 Å². The lowest BCUT2D eigenvalue weighted by Crippen LogP contribution is -2.13. The van der Waals surface area contributed by atoms with Crippen molar-refractivity contribution in [3.8, 4) is 5.75 Å². The molecule has 0 aliphatic rings.